The van der Waals surface area contributed by atoms with Crippen LogP contribution in [0.15, 0.2) is 48.2 Å². The number of carbonyl (C=O) groups excluding carboxylic acids is 2. The molecule has 162 valence electrons. The van der Waals surface area contributed by atoms with Crippen LogP contribution in [0.5, 0.6) is 5.75 Å². The van der Waals surface area contributed by atoms with Gasteiger partial charge in [-0.3, -0.25) is 14.5 Å². The number of hydrogen-bond acceptors (Lipinski definition) is 5. The molecule has 2 aliphatic rings. The lowest BCUT2D eigenvalue weighted by atomic mass is 9.99. The smallest absolute Gasteiger partial charge is 0.277 e. The van der Waals surface area contributed by atoms with Gasteiger partial charge in [0.2, 0.25) is 0 Å². The largest absolute Gasteiger partial charge is 0.495 e. The van der Waals surface area contributed by atoms with E-state index in [9.17, 15) is 9.59 Å². The first-order valence-electron chi connectivity index (χ1n) is 10.8. The molecule has 2 aromatic carbocycles. The van der Waals surface area contributed by atoms with Crippen LogP contribution < -0.4 is 9.64 Å². The van der Waals surface area contributed by atoms with E-state index in [1.165, 1.54) is 10.5 Å². The molecule has 6 heteroatoms. The summed E-state index contributed by atoms with van der Waals surface area (Å²) in [6, 6.07) is 14.0. The Morgan fingerprint density at radius 2 is 1.55 bits per heavy atom. The monoisotopic (exact) mass is 419 g/mol. The van der Waals surface area contributed by atoms with E-state index in [0.717, 1.165) is 35.7 Å². The third-order valence-corrected chi connectivity index (χ3v) is 6.28. The van der Waals surface area contributed by atoms with Crippen LogP contribution in [0.1, 0.15) is 23.6 Å². The lowest BCUT2D eigenvalue weighted by molar-refractivity contribution is -0.137. The predicted molar refractivity (Wildman–Crippen MR) is 122 cm³/mol. The summed E-state index contributed by atoms with van der Waals surface area (Å²) in [4.78, 5) is 32.1. The quantitative estimate of drug-likeness (QED) is 0.697. The number of amides is 2. The number of nitrogens with zero attached hydrogens (tertiary/aromatic N) is 3. The first kappa shape index (κ1) is 21.0. The zero-order chi connectivity index (χ0) is 22.1. The van der Waals surface area contributed by atoms with Crippen LogP contribution in [-0.2, 0) is 9.59 Å². The molecule has 1 fully saturated rings. The maximum absolute atomic E-state index is 13.2. The molecule has 0 radical (unpaired) electrons. The summed E-state index contributed by atoms with van der Waals surface area (Å²) in [5, 5.41) is 0. The van der Waals surface area contributed by atoms with Gasteiger partial charge < -0.3 is 14.5 Å². The van der Waals surface area contributed by atoms with Crippen molar-refractivity contribution in [3.63, 3.8) is 0 Å². The van der Waals surface area contributed by atoms with Crippen molar-refractivity contribution in [1.29, 1.82) is 0 Å². The number of ether oxygens (including phenoxy) is 1. The Balaban J connectivity index is 1.66. The summed E-state index contributed by atoms with van der Waals surface area (Å²) < 4.78 is 5.51. The summed E-state index contributed by atoms with van der Waals surface area (Å²) in [6.07, 6.45) is 0. The molecule has 0 unspecified atom stereocenters. The second kappa shape index (κ2) is 8.46. The zero-order valence-electron chi connectivity index (χ0n) is 18.6. The van der Waals surface area contributed by atoms with Gasteiger partial charge >= 0.3 is 0 Å². The minimum Gasteiger partial charge on any atom is -0.495 e. The Hall–Kier alpha value is -3.28. The average Bonchev–Trinajstić information content (AvgIpc) is 3.05. The fourth-order valence-electron chi connectivity index (χ4n) is 4.36. The molecular formula is C25H29N3O3. The fourth-order valence-corrected chi connectivity index (χ4v) is 4.36. The van der Waals surface area contributed by atoms with Crippen LogP contribution in [-0.4, -0.2) is 61.4 Å². The van der Waals surface area contributed by atoms with Crippen LogP contribution in [0.25, 0.3) is 5.57 Å². The van der Waals surface area contributed by atoms with Gasteiger partial charge in [-0.1, -0.05) is 30.3 Å². The van der Waals surface area contributed by atoms with Gasteiger partial charge in [-0.05, 0) is 49.6 Å². The fraction of sp³-hybridized carbons (Fsp3) is 0.360. The maximum atomic E-state index is 13.2. The molecule has 2 aromatic rings. The Bertz CT molecular complexity index is 1050. The number of benzene rings is 2. The van der Waals surface area contributed by atoms with E-state index >= 15 is 0 Å². The predicted octanol–water partition coefficient (Wildman–Crippen LogP) is 3.23. The number of rotatable bonds is 5. The van der Waals surface area contributed by atoms with Gasteiger partial charge in [-0.25, -0.2) is 0 Å². The van der Waals surface area contributed by atoms with E-state index in [0.29, 0.717) is 30.9 Å². The summed E-state index contributed by atoms with van der Waals surface area (Å²) in [5.74, 6) is 0.458. The van der Waals surface area contributed by atoms with Gasteiger partial charge in [0.15, 0.2) is 0 Å². The van der Waals surface area contributed by atoms with Crippen molar-refractivity contribution in [2.75, 3.05) is 44.7 Å². The number of hydrogen-bond donors (Lipinski definition) is 0. The van der Waals surface area contributed by atoms with Crippen LogP contribution in [0.3, 0.4) is 0 Å². The number of likely N-dealkylation sites (N-methyl/N-ethyl adjacent to an activating group) is 1. The molecule has 0 bridgehead atoms. The number of anilines is 1. The van der Waals surface area contributed by atoms with Crippen molar-refractivity contribution >= 4 is 23.1 Å². The molecule has 0 saturated carbocycles. The highest BCUT2D eigenvalue weighted by Crippen LogP contribution is 2.34. The molecule has 0 spiro atoms. The lowest BCUT2D eigenvalue weighted by Gasteiger charge is -2.38. The first-order valence-corrected chi connectivity index (χ1v) is 10.8. The number of para-hydroxylation sites is 2. The second-order valence-corrected chi connectivity index (χ2v) is 8.02. The molecule has 6 nitrogen and oxygen atoms in total. The van der Waals surface area contributed by atoms with Gasteiger partial charge in [0, 0.05) is 32.7 Å². The summed E-state index contributed by atoms with van der Waals surface area (Å²) in [5.41, 5.74) is 5.22. The van der Waals surface area contributed by atoms with Crippen LogP contribution >= 0.6 is 0 Å². The van der Waals surface area contributed by atoms with Gasteiger partial charge in [0.05, 0.1) is 18.4 Å². The van der Waals surface area contributed by atoms with Gasteiger partial charge in [0.25, 0.3) is 11.8 Å². The van der Waals surface area contributed by atoms with E-state index in [2.05, 4.69) is 15.9 Å². The molecule has 2 aliphatic heterocycles. The summed E-state index contributed by atoms with van der Waals surface area (Å²) in [6.45, 7) is 9.12. The average molecular weight is 420 g/mol. The molecule has 2 amide bonds. The molecular weight excluding hydrogens is 390 g/mol. The summed E-state index contributed by atoms with van der Waals surface area (Å²) >= 11 is 0. The normalized spacial score (nSPS) is 17.1. The van der Waals surface area contributed by atoms with Crippen LogP contribution in [0.2, 0.25) is 0 Å². The minimum atomic E-state index is -0.196. The number of aryl methyl sites for hydroxylation is 2. The van der Waals surface area contributed by atoms with Crippen molar-refractivity contribution in [3.05, 3.63) is 64.9 Å². The van der Waals surface area contributed by atoms with E-state index in [-0.39, 0.29) is 11.8 Å². The SMILES string of the molecule is CCN1C(=O)C(c2ccc(C)c(C)c2)=C(N2CCN(c3ccccc3OC)CC2)C1=O. The highest BCUT2D eigenvalue weighted by atomic mass is 16.5. The zero-order valence-corrected chi connectivity index (χ0v) is 18.6. The number of carbonyl (C=O) groups is 2. The van der Waals surface area contributed by atoms with Crippen molar-refractivity contribution < 1.29 is 14.3 Å². The first-order chi connectivity index (χ1) is 15.0. The number of piperazine rings is 1. The van der Waals surface area contributed by atoms with Crippen LogP contribution in [0.4, 0.5) is 5.69 Å². The van der Waals surface area contributed by atoms with Crippen LogP contribution in [0, 0.1) is 13.8 Å². The number of imide groups is 1. The van der Waals surface area contributed by atoms with E-state index in [1.807, 2.05) is 57.2 Å². The second-order valence-electron chi connectivity index (χ2n) is 8.02. The molecule has 31 heavy (non-hydrogen) atoms. The van der Waals surface area contributed by atoms with Crippen molar-refractivity contribution in [2.24, 2.45) is 0 Å². The minimum absolute atomic E-state index is 0.188. The molecule has 2 heterocycles. The van der Waals surface area contributed by atoms with Crippen molar-refractivity contribution in [1.82, 2.24) is 9.80 Å². The third kappa shape index (κ3) is 3.67. The molecule has 0 N–H and O–H groups in total. The maximum Gasteiger partial charge on any atom is 0.277 e. The van der Waals surface area contributed by atoms with Crippen molar-refractivity contribution in [2.45, 2.75) is 20.8 Å². The Morgan fingerprint density at radius 1 is 0.871 bits per heavy atom. The van der Waals surface area contributed by atoms with Gasteiger partial charge in [-0.2, -0.15) is 0 Å². The topological polar surface area (TPSA) is 53.1 Å². The Morgan fingerprint density at radius 3 is 2.19 bits per heavy atom. The van der Waals surface area contributed by atoms with E-state index in [4.69, 9.17) is 4.74 Å². The standard InChI is InChI=1S/C25H29N3O3/c1-5-28-24(29)22(19-11-10-17(2)18(3)16-19)23(25(28)30)27-14-12-26(13-15-27)20-8-6-7-9-21(20)31-4/h6-11,16H,5,12-15H2,1-4H3. The molecule has 1 saturated heterocycles. The lowest BCUT2D eigenvalue weighted by Crippen LogP contribution is -2.47. The molecule has 0 atom stereocenters. The van der Waals surface area contributed by atoms with Crippen molar-refractivity contribution in [3.8, 4) is 5.75 Å². The van der Waals surface area contributed by atoms with Gasteiger partial charge in [-0.15, -0.1) is 0 Å². The number of methoxy groups -OCH3 is 1. The molecule has 4 rings (SSSR count). The highest BCUT2D eigenvalue weighted by molar-refractivity contribution is 6.35. The Kier molecular flexibility index (Phi) is 5.72. The molecule has 0 aromatic heterocycles. The molecule has 0 aliphatic carbocycles. The summed E-state index contributed by atoms with van der Waals surface area (Å²) in [7, 11) is 1.68. The van der Waals surface area contributed by atoms with Gasteiger partial charge in [0.1, 0.15) is 11.4 Å². The van der Waals surface area contributed by atoms with E-state index < -0.39 is 0 Å². The highest BCUT2D eigenvalue weighted by Gasteiger charge is 2.41. The Labute approximate surface area is 183 Å². The third-order valence-electron chi connectivity index (χ3n) is 6.28. The van der Waals surface area contributed by atoms with E-state index in [1.54, 1.807) is 7.11 Å².